The maximum atomic E-state index is 12.6. The van der Waals surface area contributed by atoms with Gasteiger partial charge in [-0.2, -0.15) is 5.10 Å². The topological polar surface area (TPSA) is 109 Å². The van der Waals surface area contributed by atoms with Crippen molar-refractivity contribution in [3.05, 3.63) is 39.3 Å². The number of hydrogen-bond acceptors (Lipinski definition) is 5. The first-order valence-corrected chi connectivity index (χ1v) is 9.51. The van der Waals surface area contributed by atoms with Gasteiger partial charge in [-0.3, -0.25) is 4.79 Å². The molecule has 146 valence electrons. The number of nitrogens with zero attached hydrogens (tertiary/aromatic N) is 5. The highest BCUT2D eigenvalue weighted by Gasteiger charge is 2.26. The zero-order valence-electron chi connectivity index (χ0n) is 16.2. The molecule has 2 aromatic rings. The van der Waals surface area contributed by atoms with Crippen molar-refractivity contribution in [2.75, 3.05) is 13.1 Å². The summed E-state index contributed by atoms with van der Waals surface area (Å²) in [6.45, 7) is 5.55. The Morgan fingerprint density at radius 2 is 2.00 bits per heavy atom. The van der Waals surface area contributed by atoms with E-state index < -0.39 is 0 Å². The van der Waals surface area contributed by atoms with E-state index in [1.54, 1.807) is 11.2 Å². The van der Waals surface area contributed by atoms with Crippen LogP contribution in [0.2, 0.25) is 0 Å². The minimum absolute atomic E-state index is 0.136. The number of hydrogen-bond donors (Lipinski definition) is 2. The standard InChI is InChI=1S/C18H27N7O2/c1-4-13-14(17(26)23-21-15(13)5-2)10-19-18(27)25-8-6-12(7-9-25)16-22-20-11-24(16)3/h11-12H,4-10H2,1-3H3,(H,19,27)(H,23,26). The van der Waals surface area contributed by atoms with E-state index >= 15 is 0 Å². The van der Waals surface area contributed by atoms with Crippen molar-refractivity contribution < 1.29 is 4.79 Å². The number of H-pyrrole nitrogens is 1. The number of urea groups is 1. The fourth-order valence-electron chi connectivity index (χ4n) is 3.74. The van der Waals surface area contributed by atoms with Crippen molar-refractivity contribution in [1.29, 1.82) is 0 Å². The number of amides is 2. The van der Waals surface area contributed by atoms with Gasteiger partial charge in [0.25, 0.3) is 5.56 Å². The van der Waals surface area contributed by atoms with Crippen LogP contribution in [0.15, 0.2) is 11.1 Å². The molecule has 1 aliphatic rings. The summed E-state index contributed by atoms with van der Waals surface area (Å²) >= 11 is 0. The molecular formula is C18H27N7O2. The molecule has 3 heterocycles. The molecule has 2 N–H and O–H groups in total. The molecule has 0 aromatic carbocycles. The van der Waals surface area contributed by atoms with E-state index in [9.17, 15) is 9.59 Å². The highest BCUT2D eigenvalue weighted by molar-refractivity contribution is 5.74. The smallest absolute Gasteiger partial charge is 0.317 e. The normalized spacial score (nSPS) is 15.1. The number of carbonyl (C=O) groups excluding carboxylic acids is 1. The Morgan fingerprint density at radius 3 is 2.59 bits per heavy atom. The molecule has 0 atom stereocenters. The van der Waals surface area contributed by atoms with E-state index in [0.717, 1.165) is 36.3 Å². The van der Waals surface area contributed by atoms with E-state index in [1.807, 2.05) is 25.5 Å². The van der Waals surface area contributed by atoms with Crippen LogP contribution in [0.5, 0.6) is 0 Å². The molecule has 1 fully saturated rings. The van der Waals surface area contributed by atoms with Crippen LogP contribution in [0.25, 0.3) is 0 Å². The molecule has 0 radical (unpaired) electrons. The summed E-state index contributed by atoms with van der Waals surface area (Å²) < 4.78 is 1.94. The van der Waals surface area contributed by atoms with E-state index in [0.29, 0.717) is 31.0 Å². The van der Waals surface area contributed by atoms with Crippen LogP contribution < -0.4 is 10.9 Å². The van der Waals surface area contributed by atoms with E-state index in [2.05, 4.69) is 25.7 Å². The van der Waals surface area contributed by atoms with Crippen molar-refractivity contribution in [3.8, 4) is 0 Å². The van der Waals surface area contributed by atoms with Crippen molar-refractivity contribution in [3.63, 3.8) is 0 Å². The molecule has 1 saturated heterocycles. The molecule has 27 heavy (non-hydrogen) atoms. The van der Waals surface area contributed by atoms with E-state index in [-0.39, 0.29) is 18.1 Å². The Bertz CT molecular complexity index is 850. The molecule has 0 spiro atoms. The first-order valence-electron chi connectivity index (χ1n) is 9.51. The molecule has 9 heteroatoms. The number of piperidine rings is 1. The number of carbonyl (C=O) groups is 1. The molecule has 1 aliphatic heterocycles. The Kier molecular flexibility index (Phi) is 5.88. The van der Waals surface area contributed by atoms with E-state index in [1.165, 1.54) is 0 Å². The number of aryl methyl sites for hydroxylation is 2. The van der Waals surface area contributed by atoms with Crippen LogP contribution >= 0.6 is 0 Å². The third kappa shape index (κ3) is 4.01. The number of aromatic amines is 1. The average Bonchev–Trinajstić information content (AvgIpc) is 3.12. The lowest BCUT2D eigenvalue weighted by molar-refractivity contribution is 0.179. The Labute approximate surface area is 158 Å². The second-order valence-corrected chi connectivity index (χ2v) is 6.88. The van der Waals surface area contributed by atoms with Crippen molar-refractivity contribution >= 4 is 6.03 Å². The molecule has 9 nitrogen and oxygen atoms in total. The van der Waals surface area contributed by atoms with Gasteiger partial charge in [-0.25, -0.2) is 9.89 Å². The quantitative estimate of drug-likeness (QED) is 0.816. The van der Waals surface area contributed by atoms with Crippen molar-refractivity contribution in [2.45, 2.75) is 52.0 Å². The Morgan fingerprint density at radius 1 is 1.26 bits per heavy atom. The van der Waals surface area contributed by atoms with Crippen LogP contribution in [0.3, 0.4) is 0 Å². The molecule has 0 saturated carbocycles. The number of nitrogens with one attached hydrogen (secondary N) is 2. The van der Waals surface area contributed by atoms with Crippen LogP contribution in [0, 0.1) is 0 Å². The van der Waals surface area contributed by atoms with Crippen molar-refractivity contribution in [1.82, 2.24) is 35.2 Å². The molecule has 3 rings (SSSR count). The fourth-order valence-corrected chi connectivity index (χ4v) is 3.74. The summed E-state index contributed by atoms with van der Waals surface area (Å²) in [5.41, 5.74) is 2.19. The van der Waals surface area contributed by atoms with Gasteiger partial charge in [-0.05, 0) is 31.2 Å². The third-order valence-electron chi connectivity index (χ3n) is 5.28. The van der Waals surface area contributed by atoms with Gasteiger partial charge in [0, 0.05) is 31.6 Å². The van der Waals surface area contributed by atoms with Crippen molar-refractivity contribution in [2.24, 2.45) is 7.05 Å². The summed E-state index contributed by atoms with van der Waals surface area (Å²) in [6, 6.07) is -0.136. The Hall–Kier alpha value is -2.71. The second kappa shape index (κ2) is 8.32. The lowest BCUT2D eigenvalue weighted by Gasteiger charge is -2.31. The zero-order valence-corrected chi connectivity index (χ0v) is 16.2. The summed E-state index contributed by atoms with van der Waals surface area (Å²) in [7, 11) is 1.94. The predicted octanol–water partition coefficient (Wildman–Crippen LogP) is 1.11. The summed E-state index contributed by atoms with van der Waals surface area (Å²) in [5.74, 6) is 1.29. The van der Waals surface area contributed by atoms with Crippen LogP contribution in [0.1, 0.15) is 55.3 Å². The van der Waals surface area contributed by atoms with Gasteiger partial charge in [0.15, 0.2) is 0 Å². The summed E-state index contributed by atoms with van der Waals surface area (Å²) in [4.78, 5) is 26.5. The summed E-state index contributed by atoms with van der Waals surface area (Å²) in [6.07, 6.45) is 4.88. The second-order valence-electron chi connectivity index (χ2n) is 6.88. The summed E-state index contributed by atoms with van der Waals surface area (Å²) in [5, 5.41) is 17.7. The lowest BCUT2D eigenvalue weighted by Crippen LogP contribution is -2.44. The van der Waals surface area contributed by atoms with Gasteiger partial charge in [-0.1, -0.05) is 13.8 Å². The van der Waals surface area contributed by atoms with Crippen LogP contribution in [0.4, 0.5) is 4.79 Å². The Balaban J connectivity index is 1.60. The molecule has 0 unspecified atom stereocenters. The van der Waals surface area contributed by atoms with Gasteiger partial charge in [0.05, 0.1) is 12.2 Å². The van der Waals surface area contributed by atoms with Gasteiger partial charge in [0.1, 0.15) is 12.2 Å². The van der Waals surface area contributed by atoms with E-state index in [4.69, 9.17) is 0 Å². The molecular weight excluding hydrogens is 346 g/mol. The SMILES string of the molecule is CCc1n[nH]c(=O)c(CNC(=O)N2CCC(c3nncn3C)CC2)c1CC. The minimum Gasteiger partial charge on any atom is -0.334 e. The first kappa shape index (κ1) is 19.1. The predicted molar refractivity (Wildman–Crippen MR) is 100 cm³/mol. The fraction of sp³-hybridized carbons (Fsp3) is 0.611. The highest BCUT2D eigenvalue weighted by atomic mass is 16.2. The van der Waals surface area contributed by atoms with Crippen LogP contribution in [-0.2, 0) is 26.4 Å². The lowest BCUT2D eigenvalue weighted by atomic mass is 9.96. The van der Waals surface area contributed by atoms with Gasteiger partial charge in [0.2, 0.25) is 0 Å². The number of likely N-dealkylation sites (tertiary alicyclic amines) is 1. The van der Waals surface area contributed by atoms with Gasteiger partial charge < -0.3 is 14.8 Å². The number of rotatable bonds is 5. The van der Waals surface area contributed by atoms with Gasteiger partial charge >= 0.3 is 6.03 Å². The molecule has 2 aromatic heterocycles. The zero-order chi connectivity index (χ0) is 19.4. The maximum absolute atomic E-state index is 12.6. The maximum Gasteiger partial charge on any atom is 0.317 e. The van der Waals surface area contributed by atoms with Crippen LogP contribution in [-0.4, -0.2) is 49.0 Å². The monoisotopic (exact) mass is 373 g/mol. The molecule has 0 aliphatic carbocycles. The third-order valence-corrected chi connectivity index (χ3v) is 5.28. The molecule has 2 amide bonds. The van der Waals surface area contributed by atoms with Gasteiger partial charge in [-0.15, -0.1) is 10.2 Å². The minimum atomic E-state index is -0.231. The first-order chi connectivity index (χ1) is 13.0. The highest BCUT2D eigenvalue weighted by Crippen LogP contribution is 2.26. The number of aromatic nitrogens is 5. The molecule has 0 bridgehead atoms. The average molecular weight is 373 g/mol. The largest absolute Gasteiger partial charge is 0.334 e.